The van der Waals surface area contributed by atoms with Crippen molar-refractivity contribution in [1.29, 1.82) is 0 Å². The van der Waals surface area contributed by atoms with Crippen molar-refractivity contribution in [2.75, 3.05) is 0 Å². The van der Waals surface area contributed by atoms with Crippen LogP contribution in [0.4, 0.5) is 4.79 Å². The molecule has 0 atom stereocenters. The predicted octanol–water partition coefficient (Wildman–Crippen LogP) is 1.08. The quantitative estimate of drug-likeness (QED) is 0.426. The van der Waals surface area contributed by atoms with E-state index in [2.05, 4.69) is 6.58 Å². The van der Waals surface area contributed by atoms with Crippen LogP contribution < -0.4 is 11.6 Å². The summed E-state index contributed by atoms with van der Waals surface area (Å²) in [7, 11) is 0. The highest BCUT2D eigenvalue weighted by atomic mass is 16.2. The van der Waals surface area contributed by atoms with Gasteiger partial charge in [-0.25, -0.2) is 10.6 Å². The SMILES string of the molecule is C=Cc1ccc(CN(N)C(N)=O)cc1. The molecule has 74 valence electrons. The fourth-order valence-corrected chi connectivity index (χ4v) is 1.03. The number of rotatable bonds is 3. The first-order valence-corrected chi connectivity index (χ1v) is 4.16. The summed E-state index contributed by atoms with van der Waals surface area (Å²) in [6.07, 6.45) is 1.75. The van der Waals surface area contributed by atoms with Gasteiger partial charge in [0.2, 0.25) is 0 Å². The third kappa shape index (κ3) is 2.60. The summed E-state index contributed by atoms with van der Waals surface area (Å²) in [5.74, 6) is 5.36. The number of carbonyl (C=O) groups is 1. The van der Waals surface area contributed by atoms with Gasteiger partial charge in [-0.2, -0.15) is 0 Å². The molecule has 2 amide bonds. The maximum Gasteiger partial charge on any atom is 0.329 e. The van der Waals surface area contributed by atoms with Crippen LogP contribution in [-0.4, -0.2) is 11.0 Å². The van der Waals surface area contributed by atoms with Gasteiger partial charge in [0.1, 0.15) is 0 Å². The van der Waals surface area contributed by atoms with E-state index in [1.807, 2.05) is 24.3 Å². The number of urea groups is 1. The van der Waals surface area contributed by atoms with Crippen molar-refractivity contribution in [2.24, 2.45) is 11.6 Å². The molecular formula is C10H13N3O. The van der Waals surface area contributed by atoms with E-state index >= 15 is 0 Å². The molecule has 1 aromatic rings. The van der Waals surface area contributed by atoms with Crippen molar-refractivity contribution >= 4 is 12.1 Å². The molecule has 0 saturated heterocycles. The van der Waals surface area contributed by atoms with Gasteiger partial charge in [0.05, 0.1) is 6.54 Å². The second-order valence-corrected chi connectivity index (χ2v) is 2.91. The van der Waals surface area contributed by atoms with Crippen molar-refractivity contribution in [2.45, 2.75) is 6.54 Å². The normalized spacial score (nSPS) is 9.50. The molecule has 1 aromatic carbocycles. The molecule has 0 radical (unpaired) electrons. The number of benzene rings is 1. The number of hydrazine groups is 1. The number of hydrogen-bond donors (Lipinski definition) is 2. The Morgan fingerprint density at radius 2 is 2.00 bits per heavy atom. The van der Waals surface area contributed by atoms with Crippen LogP contribution in [0, 0.1) is 0 Å². The molecule has 0 unspecified atom stereocenters. The third-order valence-electron chi connectivity index (χ3n) is 1.85. The number of primary amides is 1. The third-order valence-corrected chi connectivity index (χ3v) is 1.85. The van der Waals surface area contributed by atoms with Crippen LogP contribution in [-0.2, 0) is 6.54 Å². The molecule has 1 rings (SSSR count). The Kier molecular flexibility index (Phi) is 3.25. The van der Waals surface area contributed by atoms with Gasteiger partial charge < -0.3 is 5.73 Å². The van der Waals surface area contributed by atoms with E-state index in [-0.39, 0.29) is 0 Å². The Morgan fingerprint density at radius 1 is 1.43 bits per heavy atom. The number of nitrogens with zero attached hydrogens (tertiary/aromatic N) is 1. The average molecular weight is 191 g/mol. The van der Waals surface area contributed by atoms with Gasteiger partial charge in [0.25, 0.3) is 0 Å². The van der Waals surface area contributed by atoms with Gasteiger partial charge in [0, 0.05) is 0 Å². The molecule has 0 fully saturated rings. The number of nitrogens with two attached hydrogens (primary N) is 2. The lowest BCUT2D eigenvalue weighted by molar-refractivity contribution is 0.206. The van der Waals surface area contributed by atoms with Crippen LogP contribution in [0.5, 0.6) is 0 Å². The summed E-state index contributed by atoms with van der Waals surface area (Å²) >= 11 is 0. The molecular weight excluding hydrogens is 178 g/mol. The van der Waals surface area contributed by atoms with Crippen LogP contribution >= 0.6 is 0 Å². The van der Waals surface area contributed by atoms with Gasteiger partial charge in [-0.3, -0.25) is 5.01 Å². The minimum absolute atomic E-state index is 0.312. The molecule has 0 heterocycles. The van der Waals surface area contributed by atoms with Gasteiger partial charge in [-0.1, -0.05) is 36.9 Å². The lowest BCUT2D eigenvalue weighted by Crippen LogP contribution is -2.40. The molecule has 0 aliphatic heterocycles. The van der Waals surface area contributed by atoms with Crippen LogP contribution in [0.2, 0.25) is 0 Å². The molecule has 0 aromatic heterocycles. The van der Waals surface area contributed by atoms with Gasteiger partial charge in [-0.15, -0.1) is 0 Å². The zero-order valence-electron chi connectivity index (χ0n) is 7.81. The zero-order valence-corrected chi connectivity index (χ0v) is 7.81. The monoisotopic (exact) mass is 191 g/mol. The number of amides is 2. The van der Waals surface area contributed by atoms with Crippen molar-refractivity contribution < 1.29 is 4.79 Å². The maximum absolute atomic E-state index is 10.6. The Labute approximate surface area is 82.8 Å². The smallest absolute Gasteiger partial charge is 0.329 e. The fourth-order valence-electron chi connectivity index (χ4n) is 1.03. The minimum Gasteiger partial charge on any atom is -0.350 e. The van der Waals surface area contributed by atoms with Crippen LogP contribution in [0.1, 0.15) is 11.1 Å². The van der Waals surface area contributed by atoms with Crippen molar-refractivity contribution in [3.8, 4) is 0 Å². The Bertz CT molecular complexity index is 332. The molecule has 0 spiro atoms. The Morgan fingerprint density at radius 3 is 2.43 bits per heavy atom. The van der Waals surface area contributed by atoms with Crippen LogP contribution in [0.3, 0.4) is 0 Å². The first-order valence-electron chi connectivity index (χ1n) is 4.16. The second kappa shape index (κ2) is 4.43. The summed E-state index contributed by atoms with van der Waals surface area (Å²) in [6, 6.07) is 6.91. The molecule has 4 nitrogen and oxygen atoms in total. The van der Waals surface area contributed by atoms with Gasteiger partial charge in [-0.05, 0) is 11.1 Å². The molecule has 0 bridgehead atoms. The number of carbonyl (C=O) groups excluding carboxylic acids is 1. The average Bonchev–Trinajstić information content (AvgIpc) is 2.19. The summed E-state index contributed by atoms with van der Waals surface area (Å²) in [6.45, 7) is 3.95. The summed E-state index contributed by atoms with van der Waals surface area (Å²) < 4.78 is 0. The lowest BCUT2D eigenvalue weighted by Gasteiger charge is -2.13. The highest BCUT2D eigenvalue weighted by molar-refractivity contribution is 5.71. The highest BCUT2D eigenvalue weighted by Gasteiger charge is 2.03. The molecule has 0 aliphatic rings. The van der Waals surface area contributed by atoms with Crippen molar-refractivity contribution in [1.82, 2.24) is 5.01 Å². The van der Waals surface area contributed by atoms with Crippen molar-refractivity contribution in [3.63, 3.8) is 0 Å². The number of hydrogen-bond acceptors (Lipinski definition) is 2. The van der Waals surface area contributed by atoms with E-state index in [0.717, 1.165) is 16.1 Å². The fraction of sp³-hybridized carbons (Fsp3) is 0.100. The van der Waals surface area contributed by atoms with E-state index in [0.29, 0.717) is 6.54 Å². The Balaban J connectivity index is 2.68. The standard InChI is InChI=1S/C10H13N3O/c1-2-8-3-5-9(6-4-8)7-13(12)10(11)14/h2-6H,1,7,12H2,(H2,11,14). The van der Waals surface area contributed by atoms with E-state index in [9.17, 15) is 4.79 Å². The van der Waals surface area contributed by atoms with Crippen LogP contribution in [0.15, 0.2) is 30.8 Å². The van der Waals surface area contributed by atoms with E-state index < -0.39 is 6.03 Å². The molecule has 14 heavy (non-hydrogen) atoms. The first kappa shape index (κ1) is 10.3. The van der Waals surface area contributed by atoms with Crippen LogP contribution in [0.25, 0.3) is 6.08 Å². The first-order chi connectivity index (χ1) is 6.63. The maximum atomic E-state index is 10.6. The largest absolute Gasteiger partial charge is 0.350 e. The topological polar surface area (TPSA) is 72.3 Å². The molecule has 0 aliphatic carbocycles. The summed E-state index contributed by atoms with van der Waals surface area (Å²) in [4.78, 5) is 10.6. The molecule has 4 heteroatoms. The molecule has 0 saturated carbocycles. The van der Waals surface area contributed by atoms with E-state index in [1.165, 1.54) is 0 Å². The lowest BCUT2D eigenvalue weighted by atomic mass is 10.1. The predicted molar refractivity (Wildman–Crippen MR) is 55.8 cm³/mol. The Hall–Kier alpha value is -1.81. The minimum atomic E-state index is -0.641. The van der Waals surface area contributed by atoms with E-state index in [4.69, 9.17) is 11.6 Å². The van der Waals surface area contributed by atoms with Gasteiger partial charge in [0.15, 0.2) is 0 Å². The van der Waals surface area contributed by atoms with E-state index in [1.54, 1.807) is 6.08 Å². The van der Waals surface area contributed by atoms with Gasteiger partial charge >= 0.3 is 6.03 Å². The van der Waals surface area contributed by atoms with Crippen molar-refractivity contribution in [3.05, 3.63) is 42.0 Å². The molecule has 4 N–H and O–H groups in total. The zero-order chi connectivity index (χ0) is 10.6. The second-order valence-electron chi connectivity index (χ2n) is 2.91. The summed E-state index contributed by atoms with van der Waals surface area (Å²) in [5.41, 5.74) is 6.94. The summed E-state index contributed by atoms with van der Waals surface area (Å²) in [5, 5.41) is 0.961. The highest BCUT2D eigenvalue weighted by Crippen LogP contribution is 2.06.